The zero-order valence-corrected chi connectivity index (χ0v) is 12.7. The molecule has 0 heterocycles. The maximum atomic E-state index is 12.1. The Kier molecular flexibility index (Phi) is 5.72. The van der Waals surface area contributed by atoms with E-state index in [0.29, 0.717) is 5.69 Å². The lowest BCUT2D eigenvalue weighted by atomic mass is 10.0. The molecule has 1 rings (SSSR count). The molecule has 0 aromatic heterocycles. The summed E-state index contributed by atoms with van der Waals surface area (Å²) in [6.45, 7) is 4.95. The Labute approximate surface area is 127 Å². The molecule has 7 heteroatoms. The van der Waals surface area contributed by atoms with Crippen LogP contribution in [0.15, 0.2) is 18.2 Å². The minimum atomic E-state index is -1.14. The summed E-state index contributed by atoms with van der Waals surface area (Å²) in [7, 11) is 0. The van der Waals surface area contributed by atoms with E-state index >= 15 is 0 Å². The first kappa shape index (κ1) is 17.0. The zero-order valence-electron chi connectivity index (χ0n) is 11.9. The highest BCUT2D eigenvalue weighted by Crippen LogP contribution is 2.21. The third kappa shape index (κ3) is 4.75. The molecule has 1 aromatic carbocycles. The number of anilines is 1. The Morgan fingerprint density at radius 2 is 1.86 bits per heavy atom. The first-order valence-electron chi connectivity index (χ1n) is 6.33. The molecule has 21 heavy (non-hydrogen) atoms. The molecular weight excluding hydrogens is 296 g/mol. The average Bonchev–Trinajstić information content (AvgIpc) is 2.34. The Balaban J connectivity index is 2.89. The summed E-state index contributed by atoms with van der Waals surface area (Å²) < 4.78 is 0. The second-order valence-electron chi connectivity index (χ2n) is 4.91. The molecule has 1 atom stereocenters. The molecule has 0 fully saturated rings. The number of hydrogen-bond donors (Lipinski definition) is 3. The van der Waals surface area contributed by atoms with Crippen LogP contribution in [0.2, 0.25) is 5.02 Å². The first-order chi connectivity index (χ1) is 9.72. The van der Waals surface area contributed by atoms with Crippen molar-refractivity contribution in [2.45, 2.75) is 26.8 Å². The highest BCUT2D eigenvalue weighted by molar-refractivity contribution is 6.33. The van der Waals surface area contributed by atoms with Gasteiger partial charge in [0.2, 0.25) is 11.8 Å². The number of nitrogens with one attached hydrogen (secondary N) is 2. The van der Waals surface area contributed by atoms with Gasteiger partial charge in [-0.15, -0.1) is 0 Å². The molecule has 0 bridgehead atoms. The van der Waals surface area contributed by atoms with Gasteiger partial charge in [-0.3, -0.25) is 9.59 Å². The van der Waals surface area contributed by atoms with Gasteiger partial charge in [0.15, 0.2) is 0 Å². The maximum Gasteiger partial charge on any atom is 0.337 e. The van der Waals surface area contributed by atoms with Crippen LogP contribution < -0.4 is 10.6 Å². The number of benzene rings is 1. The molecule has 0 saturated carbocycles. The van der Waals surface area contributed by atoms with Crippen LogP contribution in [0, 0.1) is 5.92 Å². The predicted molar refractivity (Wildman–Crippen MR) is 79.5 cm³/mol. The van der Waals surface area contributed by atoms with Crippen molar-refractivity contribution in [2.24, 2.45) is 5.92 Å². The van der Waals surface area contributed by atoms with Gasteiger partial charge in [-0.1, -0.05) is 25.4 Å². The van der Waals surface area contributed by atoms with E-state index in [1.165, 1.54) is 25.1 Å². The zero-order chi connectivity index (χ0) is 16.2. The Morgan fingerprint density at radius 3 is 2.29 bits per heavy atom. The number of hydrogen-bond acceptors (Lipinski definition) is 3. The monoisotopic (exact) mass is 312 g/mol. The lowest BCUT2D eigenvalue weighted by Gasteiger charge is -2.21. The Bertz CT molecular complexity index is 572. The van der Waals surface area contributed by atoms with Gasteiger partial charge in [-0.2, -0.15) is 0 Å². The Hall–Kier alpha value is -2.08. The van der Waals surface area contributed by atoms with Crippen molar-refractivity contribution in [1.29, 1.82) is 0 Å². The topological polar surface area (TPSA) is 95.5 Å². The summed E-state index contributed by atoms with van der Waals surface area (Å²) in [6, 6.07) is 3.43. The van der Waals surface area contributed by atoms with Crippen LogP contribution in [0.1, 0.15) is 31.1 Å². The maximum absolute atomic E-state index is 12.1. The van der Waals surface area contributed by atoms with E-state index in [9.17, 15) is 14.4 Å². The number of carboxylic acids is 1. The van der Waals surface area contributed by atoms with E-state index < -0.39 is 12.0 Å². The third-order valence-corrected chi connectivity index (χ3v) is 3.09. The fraction of sp³-hybridized carbons (Fsp3) is 0.357. The summed E-state index contributed by atoms with van der Waals surface area (Å²) in [6.07, 6.45) is 0. The van der Waals surface area contributed by atoms with E-state index in [1.807, 2.05) is 0 Å². The summed E-state index contributed by atoms with van der Waals surface area (Å²) >= 11 is 5.83. The van der Waals surface area contributed by atoms with Gasteiger partial charge in [0.1, 0.15) is 6.04 Å². The molecule has 6 nitrogen and oxygen atoms in total. The van der Waals surface area contributed by atoms with Crippen molar-refractivity contribution in [2.75, 3.05) is 5.32 Å². The number of rotatable bonds is 5. The molecule has 2 amide bonds. The van der Waals surface area contributed by atoms with Gasteiger partial charge >= 0.3 is 5.97 Å². The van der Waals surface area contributed by atoms with Gasteiger partial charge < -0.3 is 15.7 Å². The number of carboxylic acid groups (broad SMARTS) is 1. The van der Waals surface area contributed by atoms with Crippen LogP contribution in [0.4, 0.5) is 5.69 Å². The molecule has 0 aliphatic carbocycles. The standard InChI is InChI=1S/C14H17ClN2O4/c1-7(2)12(16-8(3)18)13(19)17-9-4-5-10(14(20)21)11(15)6-9/h4-7,12H,1-3H3,(H,16,18)(H,17,19)(H,20,21). The highest BCUT2D eigenvalue weighted by Gasteiger charge is 2.23. The molecule has 0 aliphatic heterocycles. The average molecular weight is 313 g/mol. The van der Waals surface area contributed by atoms with Crippen LogP contribution in [-0.2, 0) is 9.59 Å². The summed E-state index contributed by atoms with van der Waals surface area (Å²) in [5.41, 5.74) is 0.322. The first-order valence-corrected chi connectivity index (χ1v) is 6.71. The van der Waals surface area contributed by atoms with Crippen LogP contribution in [-0.4, -0.2) is 28.9 Å². The lowest BCUT2D eigenvalue weighted by molar-refractivity contribution is -0.126. The van der Waals surface area contributed by atoms with Crippen LogP contribution in [0.5, 0.6) is 0 Å². The van der Waals surface area contributed by atoms with Gasteiger partial charge in [-0.25, -0.2) is 4.79 Å². The molecule has 0 spiro atoms. The fourth-order valence-electron chi connectivity index (χ4n) is 1.74. The molecule has 3 N–H and O–H groups in total. The van der Waals surface area contributed by atoms with Crippen molar-refractivity contribution in [1.82, 2.24) is 5.32 Å². The number of halogens is 1. The fourth-order valence-corrected chi connectivity index (χ4v) is 2.00. The molecule has 114 valence electrons. The third-order valence-electron chi connectivity index (χ3n) is 2.77. The smallest absolute Gasteiger partial charge is 0.337 e. The van der Waals surface area contributed by atoms with Gasteiger partial charge in [0.25, 0.3) is 0 Å². The number of amides is 2. The molecule has 1 unspecified atom stereocenters. The molecular formula is C14H17ClN2O4. The van der Waals surface area contributed by atoms with Crippen molar-refractivity contribution in [3.8, 4) is 0 Å². The lowest BCUT2D eigenvalue weighted by Crippen LogP contribution is -2.46. The van der Waals surface area contributed by atoms with Crippen molar-refractivity contribution in [3.63, 3.8) is 0 Å². The number of aromatic carboxylic acids is 1. The van der Waals surface area contributed by atoms with Crippen molar-refractivity contribution < 1.29 is 19.5 Å². The number of carbonyl (C=O) groups excluding carboxylic acids is 2. The van der Waals surface area contributed by atoms with Crippen molar-refractivity contribution >= 4 is 35.1 Å². The summed E-state index contributed by atoms with van der Waals surface area (Å²) in [4.78, 5) is 34.1. The largest absolute Gasteiger partial charge is 0.478 e. The summed E-state index contributed by atoms with van der Waals surface area (Å²) in [5.74, 6) is -1.93. The van der Waals surface area contributed by atoms with Crippen molar-refractivity contribution in [3.05, 3.63) is 28.8 Å². The molecule has 0 aliphatic rings. The number of carbonyl (C=O) groups is 3. The second-order valence-corrected chi connectivity index (χ2v) is 5.32. The van der Waals surface area contributed by atoms with Gasteiger partial charge in [-0.05, 0) is 24.1 Å². The van der Waals surface area contributed by atoms with Gasteiger partial charge in [0.05, 0.1) is 10.6 Å². The quantitative estimate of drug-likeness (QED) is 0.776. The molecule has 0 saturated heterocycles. The van der Waals surface area contributed by atoms with Crippen LogP contribution in [0.25, 0.3) is 0 Å². The highest BCUT2D eigenvalue weighted by atomic mass is 35.5. The molecule has 0 radical (unpaired) electrons. The normalized spacial score (nSPS) is 11.9. The second kappa shape index (κ2) is 7.08. The minimum Gasteiger partial charge on any atom is -0.478 e. The Morgan fingerprint density at radius 1 is 1.24 bits per heavy atom. The van der Waals surface area contributed by atoms with E-state index in [4.69, 9.17) is 16.7 Å². The van der Waals surface area contributed by atoms with E-state index in [-0.39, 0.29) is 28.3 Å². The summed E-state index contributed by atoms with van der Waals surface area (Å²) in [5, 5.41) is 14.1. The molecule has 1 aromatic rings. The van der Waals surface area contributed by atoms with E-state index in [2.05, 4.69) is 10.6 Å². The van der Waals surface area contributed by atoms with E-state index in [1.54, 1.807) is 13.8 Å². The van der Waals surface area contributed by atoms with Crippen LogP contribution >= 0.6 is 11.6 Å². The van der Waals surface area contributed by atoms with E-state index in [0.717, 1.165) is 0 Å². The van der Waals surface area contributed by atoms with Gasteiger partial charge in [0, 0.05) is 12.6 Å². The SMILES string of the molecule is CC(=O)NC(C(=O)Nc1ccc(C(=O)O)c(Cl)c1)C(C)C. The van der Waals surface area contributed by atoms with Crippen LogP contribution in [0.3, 0.4) is 0 Å². The minimum absolute atomic E-state index is 0.0286. The predicted octanol–water partition coefficient (Wildman–Crippen LogP) is 2.14.